The standard InChI is InChI=1S/C60H40N2S/c1-4-15-41(16-5-1)43-27-31-48(32-28-43)61(50-33-36-60-56(40-50)54-24-11-13-26-59(54)63-60)49-22-14-19-45(37-49)51-34-29-44(42-17-6-2-7-18-42)38-55(51)46-30-35-53-52-23-10-12-25-57(52)62(58(53)39-46)47-20-8-3-9-21-47/h1-40H. The molecule has 0 unspecified atom stereocenters. The summed E-state index contributed by atoms with van der Waals surface area (Å²) in [5.74, 6) is 0. The van der Waals surface area contributed by atoms with Gasteiger partial charge in [0.05, 0.1) is 11.0 Å². The summed E-state index contributed by atoms with van der Waals surface area (Å²) < 4.78 is 5.00. The van der Waals surface area contributed by atoms with E-state index < -0.39 is 0 Å². The minimum absolute atomic E-state index is 1.09. The lowest BCUT2D eigenvalue weighted by molar-refractivity contribution is 1.18. The Bertz CT molecular complexity index is 3600. The SMILES string of the molecule is c1ccc(-c2ccc(N(c3cccc(-c4ccc(-c5ccccc5)cc4-c4ccc5c6ccccc6n(-c6ccccc6)c5c4)c3)c3ccc4sc5ccccc5c4c3)cc2)cc1. The summed E-state index contributed by atoms with van der Waals surface area (Å²) in [7, 11) is 0. The maximum Gasteiger partial charge on any atom is 0.0547 e. The van der Waals surface area contributed by atoms with Gasteiger partial charge in [-0.25, -0.2) is 0 Å². The van der Waals surface area contributed by atoms with Crippen LogP contribution >= 0.6 is 11.3 Å². The summed E-state index contributed by atoms with van der Waals surface area (Å²) in [6, 6.07) is 88.5. The third-order valence-corrected chi connectivity index (χ3v) is 13.5. The number of nitrogens with zero attached hydrogens (tertiary/aromatic N) is 2. The van der Waals surface area contributed by atoms with E-state index in [1.54, 1.807) is 0 Å². The van der Waals surface area contributed by atoms with Crippen LogP contribution in [0.15, 0.2) is 243 Å². The summed E-state index contributed by atoms with van der Waals surface area (Å²) in [4.78, 5) is 2.41. The van der Waals surface area contributed by atoms with Gasteiger partial charge < -0.3 is 9.47 Å². The minimum atomic E-state index is 1.09. The number of fused-ring (bicyclic) bond motifs is 6. The molecule has 0 amide bonds. The number of hydrogen-bond donors (Lipinski definition) is 0. The molecular weight excluding hydrogens is 781 g/mol. The molecule has 2 heterocycles. The van der Waals surface area contributed by atoms with Gasteiger partial charge in [0.25, 0.3) is 0 Å². The van der Waals surface area contributed by atoms with E-state index in [0.29, 0.717) is 0 Å². The lowest BCUT2D eigenvalue weighted by Gasteiger charge is -2.26. The van der Waals surface area contributed by atoms with E-state index in [-0.39, 0.29) is 0 Å². The van der Waals surface area contributed by atoms with Crippen molar-refractivity contribution in [2.75, 3.05) is 4.90 Å². The van der Waals surface area contributed by atoms with E-state index in [9.17, 15) is 0 Å². The van der Waals surface area contributed by atoms with Crippen LogP contribution in [0, 0.1) is 0 Å². The van der Waals surface area contributed by atoms with Crippen molar-refractivity contribution in [3.63, 3.8) is 0 Å². The molecule has 296 valence electrons. The van der Waals surface area contributed by atoms with E-state index in [2.05, 4.69) is 252 Å². The van der Waals surface area contributed by atoms with Crippen molar-refractivity contribution in [1.82, 2.24) is 4.57 Å². The average molecular weight is 821 g/mol. The Morgan fingerprint density at radius 1 is 0.286 bits per heavy atom. The summed E-state index contributed by atoms with van der Waals surface area (Å²) in [6.45, 7) is 0. The summed E-state index contributed by atoms with van der Waals surface area (Å²) >= 11 is 1.85. The van der Waals surface area contributed by atoms with Crippen molar-refractivity contribution >= 4 is 70.4 Å². The second-order valence-electron chi connectivity index (χ2n) is 16.1. The highest BCUT2D eigenvalue weighted by Crippen LogP contribution is 2.44. The first-order valence-electron chi connectivity index (χ1n) is 21.5. The molecule has 10 aromatic carbocycles. The van der Waals surface area contributed by atoms with Gasteiger partial charge in [-0.05, 0) is 123 Å². The van der Waals surface area contributed by atoms with Crippen LogP contribution in [0.2, 0.25) is 0 Å². The van der Waals surface area contributed by atoms with Gasteiger partial charge in [-0.1, -0.05) is 164 Å². The molecule has 0 bridgehead atoms. The van der Waals surface area contributed by atoms with E-state index in [1.165, 1.54) is 80.9 Å². The fourth-order valence-corrected chi connectivity index (χ4v) is 10.5. The fraction of sp³-hybridized carbons (Fsp3) is 0. The molecule has 0 spiro atoms. The average Bonchev–Trinajstić information content (AvgIpc) is 3.90. The Kier molecular flexibility index (Phi) is 9.06. The highest BCUT2D eigenvalue weighted by molar-refractivity contribution is 7.25. The number of benzene rings is 10. The van der Waals surface area contributed by atoms with Crippen LogP contribution in [-0.2, 0) is 0 Å². The van der Waals surface area contributed by atoms with Gasteiger partial charge in [-0.15, -0.1) is 11.3 Å². The second kappa shape index (κ2) is 15.5. The highest BCUT2D eigenvalue weighted by atomic mass is 32.1. The molecule has 0 atom stereocenters. The van der Waals surface area contributed by atoms with Crippen molar-refractivity contribution in [1.29, 1.82) is 0 Å². The molecule has 3 heteroatoms. The normalized spacial score (nSPS) is 11.5. The van der Waals surface area contributed by atoms with Crippen LogP contribution in [0.1, 0.15) is 0 Å². The zero-order valence-corrected chi connectivity index (χ0v) is 35.2. The molecule has 0 aliphatic carbocycles. The molecule has 0 N–H and O–H groups in total. The molecule has 0 aliphatic heterocycles. The van der Waals surface area contributed by atoms with Crippen molar-refractivity contribution in [2.45, 2.75) is 0 Å². The maximum absolute atomic E-state index is 2.41. The third-order valence-electron chi connectivity index (χ3n) is 12.4. The number of aromatic nitrogens is 1. The first-order valence-corrected chi connectivity index (χ1v) is 22.3. The molecule has 0 fully saturated rings. The monoisotopic (exact) mass is 820 g/mol. The quantitative estimate of drug-likeness (QED) is 0.148. The summed E-state index contributed by atoms with van der Waals surface area (Å²) in [6.07, 6.45) is 0. The lowest BCUT2D eigenvalue weighted by Crippen LogP contribution is -2.10. The Hall–Kier alpha value is -7.98. The molecular formula is C60H40N2S. The van der Waals surface area contributed by atoms with Crippen LogP contribution in [0.5, 0.6) is 0 Å². The van der Waals surface area contributed by atoms with Gasteiger partial charge >= 0.3 is 0 Å². The zero-order valence-electron chi connectivity index (χ0n) is 34.4. The van der Waals surface area contributed by atoms with E-state index in [0.717, 1.165) is 28.3 Å². The van der Waals surface area contributed by atoms with Crippen molar-refractivity contribution in [3.8, 4) is 50.2 Å². The number of anilines is 3. The Balaban J connectivity index is 1.04. The molecule has 0 saturated heterocycles. The first kappa shape index (κ1) is 36.8. The van der Waals surface area contributed by atoms with Crippen molar-refractivity contribution in [2.24, 2.45) is 0 Å². The molecule has 2 nitrogen and oxygen atoms in total. The minimum Gasteiger partial charge on any atom is -0.310 e. The van der Waals surface area contributed by atoms with Crippen molar-refractivity contribution in [3.05, 3.63) is 243 Å². The van der Waals surface area contributed by atoms with E-state index in [1.807, 2.05) is 11.3 Å². The Morgan fingerprint density at radius 2 is 0.841 bits per heavy atom. The molecule has 12 aromatic rings. The van der Waals surface area contributed by atoms with Gasteiger partial charge in [0.15, 0.2) is 0 Å². The summed E-state index contributed by atoms with van der Waals surface area (Å²) in [5, 5.41) is 5.06. The molecule has 2 aromatic heterocycles. The van der Waals surface area contributed by atoms with Gasteiger partial charge in [0.2, 0.25) is 0 Å². The number of thiophene rings is 1. The van der Waals surface area contributed by atoms with Crippen LogP contribution in [0.25, 0.3) is 92.2 Å². The van der Waals surface area contributed by atoms with E-state index in [4.69, 9.17) is 0 Å². The lowest BCUT2D eigenvalue weighted by atomic mass is 9.90. The Labute approximate surface area is 370 Å². The molecule has 0 radical (unpaired) electrons. The van der Waals surface area contributed by atoms with Gasteiger partial charge in [0.1, 0.15) is 0 Å². The smallest absolute Gasteiger partial charge is 0.0547 e. The fourth-order valence-electron chi connectivity index (χ4n) is 9.38. The van der Waals surface area contributed by atoms with E-state index >= 15 is 0 Å². The first-order chi connectivity index (χ1) is 31.2. The number of para-hydroxylation sites is 2. The second-order valence-corrected chi connectivity index (χ2v) is 17.2. The van der Waals surface area contributed by atoms with Crippen LogP contribution in [0.3, 0.4) is 0 Å². The van der Waals surface area contributed by atoms with Gasteiger partial charge in [-0.2, -0.15) is 0 Å². The molecule has 63 heavy (non-hydrogen) atoms. The maximum atomic E-state index is 2.41. The molecule has 0 aliphatic rings. The summed E-state index contributed by atoms with van der Waals surface area (Å²) in [5.41, 5.74) is 16.3. The number of rotatable bonds is 8. The van der Waals surface area contributed by atoms with Crippen LogP contribution in [-0.4, -0.2) is 4.57 Å². The highest BCUT2D eigenvalue weighted by Gasteiger charge is 2.19. The topological polar surface area (TPSA) is 8.17 Å². The third kappa shape index (κ3) is 6.58. The van der Waals surface area contributed by atoms with Gasteiger partial charge in [-0.3, -0.25) is 0 Å². The predicted octanol–water partition coefficient (Wildman–Crippen LogP) is 17.3. The van der Waals surface area contributed by atoms with Crippen LogP contribution < -0.4 is 4.90 Å². The predicted molar refractivity (Wildman–Crippen MR) is 270 cm³/mol. The van der Waals surface area contributed by atoms with Crippen LogP contribution in [0.4, 0.5) is 17.1 Å². The van der Waals surface area contributed by atoms with Crippen molar-refractivity contribution < 1.29 is 0 Å². The van der Waals surface area contributed by atoms with Gasteiger partial charge in [0, 0.05) is 53.7 Å². The largest absolute Gasteiger partial charge is 0.310 e. The molecule has 12 rings (SSSR count). The molecule has 0 saturated carbocycles. The Morgan fingerprint density at radius 3 is 1.63 bits per heavy atom. The number of hydrogen-bond acceptors (Lipinski definition) is 2. The zero-order chi connectivity index (χ0) is 41.7.